The van der Waals surface area contributed by atoms with Crippen molar-refractivity contribution in [3.05, 3.63) is 29.6 Å². The van der Waals surface area contributed by atoms with Crippen molar-refractivity contribution in [2.45, 2.75) is 52.1 Å². The number of ether oxygens (including phenoxy) is 1. The second kappa shape index (κ2) is 8.85. The summed E-state index contributed by atoms with van der Waals surface area (Å²) in [5.41, 5.74) is 1.56. The number of halogens is 1. The van der Waals surface area contributed by atoms with Gasteiger partial charge in [-0.05, 0) is 62.6 Å². The van der Waals surface area contributed by atoms with Crippen molar-refractivity contribution in [2.24, 2.45) is 5.92 Å². The number of benzene rings is 1. The van der Waals surface area contributed by atoms with Crippen LogP contribution in [0.2, 0.25) is 0 Å². The molecular formula is C21H31FN2O2. The maximum Gasteiger partial charge on any atom is 0.248 e. The van der Waals surface area contributed by atoms with Crippen molar-refractivity contribution >= 4 is 11.6 Å². The van der Waals surface area contributed by atoms with Gasteiger partial charge < -0.3 is 14.5 Å². The molecule has 26 heavy (non-hydrogen) atoms. The van der Waals surface area contributed by atoms with E-state index in [0.717, 1.165) is 37.3 Å². The fourth-order valence-corrected chi connectivity index (χ4v) is 3.95. The zero-order valence-electron chi connectivity index (χ0n) is 16.0. The van der Waals surface area contributed by atoms with Crippen molar-refractivity contribution in [2.75, 3.05) is 37.7 Å². The van der Waals surface area contributed by atoms with Crippen molar-refractivity contribution in [1.29, 1.82) is 0 Å². The molecule has 3 rings (SSSR count). The lowest BCUT2D eigenvalue weighted by molar-refractivity contribution is -0.138. The van der Waals surface area contributed by atoms with Crippen LogP contribution in [0.25, 0.3) is 0 Å². The van der Waals surface area contributed by atoms with E-state index < -0.39 is 0 Å². The van der Waals surface area contributed by atoms with Gasteiger partial charge in [-0.3, -0.25) is 4.79 Å². The van der Waals surface area contributed by atoms with Gasteiger partial charge in [0.05, 0.1) is 11.8 Å². The maximum absolute atomic E-state index is 14.2. The molecule has 144 valence electrons. The average molecular weight is 362 g/mol. The van der Waals surface area contributed by atoms with Crippen molar-refractivity contribution in [3.8, 4) is 0 Å². The van der Waals surface area contributed by atoms with Gasteiger partial charge in [-0.2, -0.15) is 0 Å². The average Bonchev–Trinajstić information content (AvgIpc) is 2.87. The Kier molecular flexibility index (Phi) is 6.52. The lowest BCUT2D eigenvalue weighted by Crippen LogP contribution is -2.38. The van der Waals surface area contributed by atoms with Gasteiger partial charge in [0.2, 0.25) is 5.91 Å². The van der Waals surface area contributed by atoms with E-state index in [9.17, 15) is 9.18 Å². The van der Waals surface area contributed by atoms with Gasteiger partial charge in [-0.25, -0.2) is 4.39 Å². The fraction of sp³-hybridized carbons (Fsp3) is 0.667. The van der Waals surface area contributed by atoms with Crippen LogP contribution in [0, 0.1) is 18.7 Å². The number of rotatable bonds is 4. The highest BCUT2D eigenvalue weighted by Crippen LogP contribution is 2.26. The van der Waals surface area contributed by atoms with E-state index in [1.165, 1.54) is 12.8 Å². The van der Waals surface area contributed by atoms with Crippen LogP contribution < -0.4 is 4.90 Å². The largest absolute Gasteiger partial charge is 0.368 e. The van der Waals surface area contributed by atoms with Gasteiger partial charge in [-0.15, -0.1) is 0 Å². The molecule has 0 N–H and O–H groups in total. The molecule has 0 spiro atoms. The number of anilines is 1. The number of carbonyl (C=O) groups excluding carboxylic acids is 1. The highest BCUT2D eigenvalue weighted by molar-refractivity contribution is 5.77. The first-order chi connectivity index (χ1) is 12.5. The van der Waals surface area contributed by atoms with Crippen molar-refractivity contribution in [1.82, 2.24) is 4.90 Å². The Morgan fingerprint density at radius 3 is 2.65 bits per heavy atom. The Morgan fingerprint density at radius 1 is 1.15 bits per heavy atom. The van der Waals surface area contributed by atoms with Crippen molar-refractivity contribution < 1.29 is 13.9 Å². The van der Waals surface area contributed by atoms with Crippen LogP contribution in [0.1, 0.15) is 44.6 Å². The molecule has 0 unspecified atom stereocenters. The smallest absolute Gasteiger partial charge is 0.248 e. The summed E-state index contributed by atoms with van der Waals surface area (Å²) < 4.78 is 20.1. The maximum atomic E-state index is 14.2. The third kappa shape index (κ3) is 4.97. The Bertz CT molecular complexity index is 614. The minimum absolute atomic E-state index is 0.0647. The molecule has 1 saturated carbocycles. The van der Waals surface area contributed by atoms with E-state index in [1.807, 2.05) is 28.9 Å². The first-order valence-electron chi connectivity index (χ1n) is 9.93. The summed E-state index contributed by atoms with van der Waals surface area (Å²) in [6.45, 7) is 7.12. The second-order valence-corrected chi connectivity index (χ2v) is 7.87. The van der Waals surface area contributed by atoms with E-state index in [1.54, 1.807) is 6.07 Å². The molecule has 2 aliphatic rings. The van der Waals surface area contributed by atoms with Gasteiger partial charge in [0.25, 0.3) is 0 Å². The minimum atomic E-state index is -0.181. The third-order valence-corrected chi connectivity index (χ3v) is 5.70. The van der Waals surface area contributed by atoms with Crippen LogP contribution in [0.15, 0.2) is 18.2 Å². The van der Waals surface area contributed by atoms with E-state index >= 15 is 0 Å². The van der Waals surface area contributed by atoms with Crippen LogP contribution in [0.3, 0.4) is 0 Å². The molecule has 1 aromatic carbocycles. The Morgan fingerprint density at radius 2 is 1.92 bits per heavy atom. The van der Waals surface area contributed by atoms with E-state index in [4.69, 9.17) is 4.74 Å². The summed E-state index contributed by atoms with van der Waals surface area (Å²) in [5.74, 6) is 0.666. The number of hydrogen-bond acceptors (Lipinski definition) is 3. The standard InChI is InChI=1S/C21H31FN2O2/c1-16-4-7-18(8-5-16)26-15-21(25)24-11-3-10-23(12-13-24)20-9-6-17(2)14-19(20)22/h6,9,14,16,18H,3-5,7-8,10-13,15H2,1-2H3. The Labute approximate surface area is 156 Å². The highest BCUT2D eigenvalue weighted by Gasteiger charge is 2.23. The van der Waals surface area contributed by atoms with Crippen LogP contribution in [0.5, 0.6) is 0 Å². The van der Waals surface area contributed by atoms with E-state index in [0.29, 0.717) is 25.3 Å². The topological polar surface area (TPSA) is 32.8 Å². The zero-order chi connectivity index (χ0) is 18.5. The Balaban J connectivity index is 1.49. The zero-order valence-corrected chi connectivity index (χ0v) is 16.0. The van der Waals surface area contributed by atoms with Crippen molar-refractivity contribution in [3.63, 3.8) is 0 Å². The van der Waals surface area contributed by atoms with Gasteiger partial charge in [-0.1, -0.05) is 13.0 Å². The monoisotopic (exact) mass is 362 g/mol. The summed E-state index contributed by atoms with van der Waals surface area (Å²) >= 11 is 0. The first kappa shape index (κ1) is 19.2. The van der Waals surface area contributed by atoms with E-state index in [-0.39, 0.29) is 24.4 Å². The van der Waals surface area contributed by atoms with Crippen LogP contribution in [-0.2, 0) is 9.53 Å². The second-order valence-electron chi connectivity index (χ2n) is 7.87. The molecule has 4 nitrogen and oxygen atoms in total. The number of nitrogens with zero attached hydrogens (tertiary/aromatic N) is 2. The molecule has 1 aliphatic heterocycles. The first-order valence-corrected chi connectivity index (χ1v) is 9.93. The molecule has 1 aliphatic carbocycles. The highest BCUT2D eigenvalue weighted by atomic mass is 19.1. The molecule has 1 amide bonds. The molecule has 0 bridgehead atoms. The fourth-order valence-electron chi connectivity index (χ4n) is 3.95. The molecule has 2 fully saturated rings. The quantitative estimate of drug-likeness (QED) is 0.817. The molecular weight excluding hydrogens is 331 g/mol. The lowest BCUT2D eigenvalue weighted by atomic mass is 9.89. The van der Waals surface area contributed by atoms with Crippen LogP contribution >= 0.6 is 0 Å². The van der Waals surface area contributed by atoms with Crippen LogP contribution in [0.4, 0.5) is 10.1 Å². The van der Waals surface area contributed by atoms with Gasteiger partial charge >= 0.3 is 0 Å². The minimum Gasteiger partial charge on any atom is -0.368 e. The summed E-state index contributed by atoms with van der Waals surface area (Å²) in [4.78, 5) is 16.4. The molecule has 0 atom stereocenters. The number of hydrogen-bond donors (Lipinski definition) is 0. The SMILES string of the molecule is Cc1ccc(N2CCCN(C(=O)COC3CCC(C)CC3)CC2)c(F)c1. The number of aryl methyl sites for hydroxylation is 1. The van der Waals surface area contributed by atoms with E-state index in [2.05, 4.69) is 6.92 Å². The third-order valence-electron chi connectivity index (χ3n) is 5.70. The van der Waals surface area contributed by atoms with Crippen LogP contribution in [-0.4, -0.2) is 49.7 Å². The van der Waals surface area contributed by atoms with Gasteiger partial charge in [0.1, 0.15) is 12.4 Å². The molecule has 0 radical (unpaired) electrons. The molecule has 0 aromatic heterocycles. The summed E-state index contributed by atoms with van der Waals surface area (Å²) in [5, 5.41) is 0. The molecule has 5 heteroatoms. The summed E-state index contributed by atoms with van der Waals surface area (Å²) in [6.07, 6.45) is 5.60. The molecule has 1 heterocycles. The summed E-state index contributed by atoms with van der Waals surface area (Å²) in [6, 6.07) is 5.35. The Hall–Kier alpha value is -1.62. The number of amides is 1. The van der Waals surface area contributed by atoms with Gasteiger partial charge in [0, 0.05) is 26.2 Å². The molecule has 1 aromatic rings. The predicted octanol–water partition coefficient (Wildman–Crippen LogP) is 3.77. The lowest BCUT2D eigenvalue weighted by Gasteiger charge is -2.27. The predicted molar refractivity (Wildman–Crippen MR) is 102 cm³/mol. The van der Waals surface area contributed by atoms with Gasteiger partial charge in [0.15, 0.2) is 0 Å². The normalized spacial score (nSPS) is 24.4. The summed E-state index contributed by atoms with van der Waals surface area (Å²) in [7, 11) is 0. The molecule has 1 saturated heterocycles. The number of carbonyl (C=O) groups is 1.